The number of hydrogen-bond donors (Lipinski definition) is 1. The number of terminal acetylenes is 1. The molecule has 5 nitrogen and oxygen atoms in total. The van der Waals surface area contributed by atoms with Gasteiger partial charge in [0.2, 0.25) is 6.79 Å². The molecule has 0 aliphatic heterocycles. The van der Waals surface area contributed by atoms with E-state index in [1.807, 2.05) is 13.8 Å². The minimum Gasteiger partial charge on any atom is -0.428 e. The fraction of sp³-hybridized carbons (Fsp3) is 0.680. The summed E-state index contributed by atoms with van der Waals surface area (Å²) < 4.78 is 10.3. The van der Waals surface area contributed by atoms with Crippen LogP contribution in [-0.2, 0) is 19.1 Å². The average molecular weight is 415 g/mol. The summed E-state index contributed by atoms with van der Waals surface area (Å²) in [7, 11) is 0. The third-order valence-electron chi connectivity index (χ3n) is 8.21. The number of ether oxygens (including phenoxy) is 2. The summed E-state index contributed by atoms with van der Waals surface area (Å²) in [5, 5.41) is 11.0. The standard InChI is InChI=1S/C25H34O5/c1-7-9-20(27)24(6,8-2)21-16(4)19-11-10-18-13-25(19,12-15(18)3)22(21)23(28)30-14-29-17(5)26/h2,7,9,16,18-22,27H,3,10-14H2,1,4-6H3/b9-7-/t16?,18-,19+,20+,21?,22-,24-,25+/m1/s1. The minimum absolute atomic E-state index is 0.143. The van der Waals surface area contributed by atoms with Gasteiger partial charge in [0.15, 0.2) is 0 Å². The van der Waals surface area contributed by atoms with Crippen LogP contribution >= 0.6 is 0 Å². The van der Waals surface area contributed by atoms with E-state index in [0.717, 1.165) is 25.7 Å². The van der Waals surface area contributed by atoms with Gasteiger partial charge in [-0.25, -0.2) is 0 Å². The van der Waals surface area contributed by atoms with Gasteiger partial charge in [0.05, 0.1) is 17.4 Å². The molecule has 2 unspecified atom stereocenters. The van der Waals surface area contributed by atoms with E-state index in [9.17, 15) is 14.7 Å². The molecular weight excluding hydrogens is 380 g/mol. The van der Waals surface area contributed by atoms with Gasteiger partial charge in [-0.2, -0.15) is 0 Å². The third-order valence-corrected chi connectivity index (χ3v) is 8.21. The van der Waals surface area contributed by atoms with Crippen LogP contribution in [0.4, 0.5) is 0 Å². The van der Waals surface area contributed by atoms with Gasteiger partial charge in [-0.15, -0.1) is 6.42 Å². The molecule has 30 heavy (non-hydrogen) atoms. The zero-order chi connectivity index (χ0) is 22.3. The lowest BCUT2D eigenvalue weighted by molar-refractivity contribution is -0.175. The highest BCUT2D eigenvalue weighted by Gasteiger charge is 2.69. The SMILES string of the molecule is C#C[C@@](C)(C1C(C)[C@@H]2CC[C@@H]3C[C@]2(CC3=C)[C@H]1C(=O)OCOC(C)=O)[C@@H](O)/C=C\C. The second-order valence-corrected chi connectivity index (χ2v) is 9.63. The Labute approximate surface area is 179 Å². The predicted octanol–water partition coefficient (Wildman–Crippen LogP) is 3.87. The summed E-state index contributed by atoms with van der Waals surface area (Å²) in [6, 6.07) is 0. The summed E-state index contributed by atoms with van der Waals surface area (Å²) in [6.07, 6.45) is 12.4. The molecule has 3 fully saturated rings. The molecule has 3 aliphatic carbocycles. The highest BCUT2D eigenvalue weighted by Crippen LogP contribution is 2.71. The summed E-state index contributed by atoms with van der Waals surface area (Å²) in [5.41, 5.74) is 0.0211. The maximum Gasteiger partial charge on any atom is 0.312 e. The quantitative estimate of drug-likeness (QED) is 0.309. The molecule has 0 saturated heterocycles. The predicted molar refractivity (Wildman–Crippen MR) is 114 cm³/mol. The Morgan fingerprint density at radius 2 is 2.13 bits per heavy atom. The first kappa shape index (κ1) is 22.6. The number of aliphatic hydroxyl groups is 1. The lowest BCUT2D eigenvalue weighted by Gasteiger charge is -2.42. The van der Waals surface area contributed by atoms with Crippen LogP contribution in [0.1, 0.15) is 53.4 Å². The van der Waals surface area contributed by atoms with E-state index in [1.165, 1.54) is 12.5 Å². The summed E-state index contributed by atoms with van der Waals surface area (Å²) in [6.45, 7) is 11.1. The van der Waals surface area contributed by atoms with Crippen molar-refractivity contribution in [3.63, 3.8) is 0 Å². The highest BCUT2D eigenvalue weighted by atomic mass is 16.7. The molecule has 0 amide bonds. The molecule has 0 radical (unpaired) electrons. The van der Waals surface area contributed by atoms with Gasteiger partial charge < -0.3 is 14.6 Å². The van der Waals surface area contributed by atoms with Gasteiger partial charge in [-0.3, -0.25) is 9.59 Å². The van der Waals surface area contributed by atoms with Crippen molar-refractivity contribution in [3.05, 3.63) is 24.3 Å². The molecule has 2 bridgehead atoms. The van der Waals surface area contributed by atoms with Crippen LogP contribution in [-0.4, -0.2) is 29.9 Å². The van der Waals surface area contributed by atoms with Crippen molar-refractivity contribution in [3.8, 4) is 12.3 Å². The maximum absolute atomic E-state index is 13.5. The Bertz CT molecular complexity index is 792. The molecule has 1 spiro atoms. The van der Waals surface area contributed by atoms with Crippen molar-refractivity contribution in [2.75, 3.05) is 6.79 Å². The summed E-state index contributed by atoms with van der Waals surface area (Å²) >= 11 is 0. The number of hydrogen-bond acceptors (Lipinski definition) is 5. The van der Waals surface area contributed by atoms with E-state index in [-0.39, 0.29) is 23.2 Å². The largest absolute Gasteiger partial charge is 0.428 e. The van der Waals surface area contributed by atoms with Gasteiger partial charge in [0, 0.05) is 6.92 Å². The van der Waals surface area contributed by atoms with Crippen LogP contribution in [0, 0.1) is 52.8 Å². The summed E-state index contributed by atoms with van der Waals surface area (Å²) in [4.78, 5) is 24.6. The van der Waals surface area contributed by atoms with Crippen LogP contribution in [0.15, 0.2) is 24.3 Å². The number of carbonyl (C=O) groups excluding carboxylic acids is 2. The third kappa shape index (κ3) is 3.39. The Hall–Kier alpha value is -2.06. The number of esters is 2. The van der Waals surface area contributed by atoms with Crippen LogP contribution < -0.4 is 0 Å². The molecule has 1 N–H and O–H groups in total. The lowest BCUT2D eigenvalue weighted by Crippen LogP contribution is -2.46. The second kappa shape index (κ2) is 8.23. The molecule has 3 aliphatic rings. The molecule has 3 saturated carbocycles. The topological polar surface area (TPSA) is 72.8 Å². The van der Waals surface area contributed by atoms with Crippen molar-refractivity contribution >= 4 is 11.9 Å². The molecule has 0 aromatic heterocycles. The lowest BCUT2D eigenvalue weighted by atomic mass is 9.62. The number of aliphatic hydroxyl groups excluding tert-OH is 1. The average Bonchev–Trinajstić information content (AvgIpc) is 3.10. The normalized spacial score (nSPS) is 37.9. The first-order valence-corrected chi connectivity index (χ1v) is 10.9. The fourth-order valence-electron chi connectivity index (χ4n) is 6.96. The van der Waals surface area contributed by atoms with E-state index in [4.69, 9.17) is 15.9 Å². The summed E-state index contributed by atoms with van der Waals surface area (Å²) in [5.74, 6) is 2.11. The van der Waals surface area contributed by atoms with Crippen molar-refractivity contribution in [2.45, 2.75) is 59.5 Å². The van der Waals surface area contributed by atoms with Crippen LogP contribution in [0.25, 0.3) is 0 Å². The molecular formula is C25H34O5. The Morgan fingerprint density at radius 3 is 2.73 bits per heavy atom. The Balaban J connectivity index is 2.05. The van der Waals surface area contributed by atoms with E-state index >= 15 is 0 Å². The van der Waals surface area contributed by atoms with Gasteiger partial charge in [-0.05, 0) is 68.6 Å². The molecule has 164 valence electrons. The molecule has 5 heteroatoms. The van der Waals surface area contributed by atoms with E-state index in [0.29, 0.717) is 11.8 Å². The van der Waals surface area contributed by atoms with Crippen LogP contribution in [0.2, 0.25) is 0 Å². The van der Waals surface area contributed by atoms with E-state index < -0.39 is 30.2 Å². The molecule has 8 atom stereocenters. The van der Waals surface area contributed by atoms with Crippen molar-refractivity contribution in [1.82, 2.24) is 0 Å². The van der Waals surface area contributed by atoms with Crippen molar-refractivity contribution < 1.29 is 24.2 Å². The Kier molecular flexibility index (Phi) is 6.20. The van der Waals surface area contributed by atoms with Crippen molar-refractivity contribution in [2.24, 2.45) is 40.4 Å². The zero-order valence-electron chi connectivity index (χ0n) is 18.5. The first-order chi connectivity index (χ1) is 14.1. The van der Waals surface area contributed by atoms with Crippen LogP contribution in [0.5, 0.6) is 0 Å². The number of rotatable bonds is 6. The highest BCUT2D eigenvalue weighted by molar-refractivity contribution is 5.75. The zero-order valence-corrected chi connectivity index (χ0v) is 18.5. The second-order valence-electron chi connectivity index (χ2n) is 9.63. The van der Waals surface area contributed by atoms with E-state index in [2.05, 4.69) is 19.4 Å². The first-order valence-electron chi connectivity index (χ1n) is 10.9. The van der Waals surface area contributed by atoms with Crippen molar-refractivity contribution in [1.29, 1.82) is 0 Å². The van der Waals surface area contributed by atoms with Gasteiger partial charge in [0.1, 0.15) is 0 Å². The monoisotopic (exact) mass is 414 g/mol. The minimum atomic E-state index is -0.928. The molecule has 3 rings (SSSR count). The Morgan fingerprint density at radius 1 is 1.43 bits per heavy atom. The van der Waals surface area contributed by atoms with Crippen LogP contribution in [0.3, 0.4) is 0 Å². The van der Waals surface area contributed by atoms with Gasteiger partial charge in [0.25, 0.3) is 0 Å². The smallest absolute Gasteiger partial charge is 0.312 e. The molecule has 0 heterocycles. The molecule has 0 aromatic rings. The van der Waals surface area contributed by atoms with Gasteiger partial charge in [-0.1, -0.05) is 37.1 Å². The molecule has 0 aromatic carbocycles. The maximum atomic E-state index is 13.5. The number of allylic oxidation sites excluding steroid dienone is 2. The number of fused-ring (bicyclic) bond motifs is 1. The van der Waals surface area contributed by atoms with E-state index in [1.54, 1.807) is 12.2 Å². The fourth-order valence-corrected chi connectivity index (χ4v) is 6.96. The van der Waals surface area contributed by atoms with Gasteiger partial charge >= 0.3 is 11.9 Å². The number of carbonyl (C=O) groups is 2.